The van der Waals surface area contributed by atoms with E-state index >= 15 is 0 Å². The number of anilines is 2. The Bertz CT molecular complexity index is 1070. The zero-order valence-corrected chi connectivity index (χ0v) is 19.9. The van der Waals surface area contributed by atoms with Crippen molar-refractivity contribution in [2.45, 2.75) is 23.1 Å². The molecule has 0 bridgehead atoms. The van der Waals surface area contributed by atoms with Crippen molar-refractivity contribution in [2.75, 3.05) is 42.7 Å². The van der Waals surface area contributed by atoms with E-state index in [0.717, 1.165) is 17.1 Å². The van der Waals surface area contributed by atoms with Gasteiger partial charge in [-0.25, -0.2) is 8.42 Å². The van der Waals surface area contributed by atoms with Crippen LogP contribution in [0.5, 0.6) is 0 Å². The Morgan fingerprint density at radius 1 is 1.19 bits per heavy atom. The molecule has 1 aliphatic heterocycles. The van der Waals surface area contributed by atoms with Gasteiger partial charge in [0, 0.05) is 29.7 Å². The number of rotatable bonds is 8. The summed E-state index contributed by atoms with van der Waals surface area (Å²) in [6.45, 7) is 3.47. The van der Waals surface area contributed by atoms with Gasteiger partial charge in [0.2, 0.25) is 10.0 Å². The van der Waals surface area contributed by atoms with Gasteiger partial charge in [0.1, 0.15) is 5.69 Å². The van der Waals surface area contributed by atoms with Gasteiger partial charge in [0.15, 0.2) is 5.11 Å². The minimum absolute atomic E-state index is 0.0815. The summed E-state index contributed by atoms with van der Waals surface area (Å²) in [7, 11) is -3.58. The Kier molecular flexibility index (Phi) is 8.43. The van der Waals surface area contributed by atoms with Crippen LogP contribution in [-0.4, -0.2) is 54.8 Å². The van der Waals surface area contributed by atoms with Crippen molar-refractivity contribution in [1.29, 1.82) is 0 Å². The van der Waals surface area contributed by atoms with E-state index in [1.54, 1.807) is 36.0 Å². The first kappa shape index (κ1) is 24.4. The minimum atomic E-state index is -3.58. The first-order chi connectivity index (χ1) is 15.3. The molecule has 0 unspecified atom stereocenters. The molecule has 12 heteroatoms. The summed E-state index contributed by atoms with van der Waals surface area (Å²) in [6, 6.07) is 11.1. The fourth-order valence-corrected chi connectivity index (χ4v) is 5.46. The number of nitrogens with zero attached hydrogens (tertiary/aromatic N) is 2. The third kappa shape index (κ3) is 6.17. The summed E-state index contributed by atoms with van der Waals surface area (Å²) in [5, 5.41) is 17.4. The van der Waals surface area contributed by atoms with Crippen molar-refractivity contribution in [3.63, 3.8) is 0 Å². The number of thioether (sulfide) groups is 1. The molecule has 0 aromatic heterocycles. The fraction of sp³-hybridized carbons (Fsp3) is 0.350. The highest BCUT2D eigenvalue weighted by molar-refractivity contribution is 7.99. The Hall–Kier alpha value is -2.25. The average molecular weight is 497 g/mol. The van der Waals surface area contributed by atoms with Crippen molar-refractivity contribution < 1.29 is 18.1 Å². The first-order valence-corrected chi connectivity index (χ1v) is 12.8. The van der Waals surface area contributed by atoms with E-state index in [1.807, 2.05) is 0 Å². The van der Waals surface area contributed by atoms with Crippen LogP contribution in [0.3, 0.4) is 0 Å². The number of benzene rings is 2. The molecule has 172 valence electrons. The van der Waals surface area contributed by atoms with E-state index in [0.29, 0.717) is 37.7 Å². The van der Waals surface area contributed by atoms with Crippen molar-refractivity contribution in [2.24, 2.45) is 0 Å². The lowest BCUT2D eigenvalue weighted by Gasteiger charge is -2.26. The van der Waals surface area contributed by atoms with Crippen LogP contribution in [0.1, 0.15) is 13.3 Å². The van der Waals surface area contributed by atoms with Crippen LogP contribution in [-0.2, 0) is 14.8 Å². The number of nitro benzene ring substituents is 1. The summed E-state index contributed by atoms with van der Waals surface area (Å²) in [5.41, 5.74) is 0.768. The Balaban J connectivity index is 1.69. The SMILES string of the molecule is CCCSc1ccc([N+](=O)[O-])c(NC(=S)Nc2ccc(S(=O)(=O)N3CCOCC3)cc2)c1. The van der Waals surface area contributed by atoms with Crippen LogP contribution in [0.4, 0.5) is 17.1 Å². The molecule has 1 aliphatic rings. The van der Waals surface area contributed by atoms with Gasteiger partial charge >= 0.3 is 0 Å². The third-order valence-corrected chi connectivity index (χ3v) is 7.92. The molecule has 0 amide bonds. The molecule has 2 aromatic rings. The smallest absolute Gasteiger partial charge is 0.292 e. The number of thiocarbonyl (C=S) groups is 1. The Labute approximate surface area is 196 Å². The molecule has 2 N–H and O–H groups in total. The second kappa shape index (κ2) is 11.1. The average Bonchev–Trinajstić information content (AvgIpc) is 2.78. The van der Waals surface area contributed by atoms with Gasteiger partial charge in [0.05, 0.1) is 23.0 Å². The zero-order chi connectivity index (χ0) is 23.1. The highest BCUT2D eigenvalue weighted by atomic mass is 32.2. The second-order valence-electron chi connectivity index (χ2n) is 6.90. The predicted octanol–water partition coefficient (Wildman–Crippen LogP) is 3.93. The standard InChI is InChI=1S/C20H24N4O5S3/c1-2-13-31-16-5-8-19(24(25)26)18(14-16)22-20(30)21-15-3-6-17(7-4-15)32(27,28)23-9-11-29-12-10-23/h3-8,14H,2,9-13H2,1H3,(H2,21,22,30). The maximum absolute atomic E-state index is 12.7. The van der Waals surface area contributed by atoms with E-state index in [9.17, 15) is 18.5 Å². The molecule has 0 radical (unpaired) electrons. The summed E-state index contributed by atoms with van der Waals surface area (Å²) < 4.78 is 32.0. The van der Waals surface area contributed by atoms with E-state index in [1.165, 1.54) is 22.5 Å². The largest absolute Gasteiger partial charge is 0.379 e. The third-order valence-electron chi connectivity index (χ3n) is 4.61. The monoisotopic (exact) mass is 496 g/mol. The molecule has 1 saturated heterocycles. The molecular formula is C20H24N4O5S3. The van der Waals surface area contributed by atoms with Gasteiger partial charge in [0.25, 0.3) is 5.69 Å². The van der Waals surface area contributed by atoms with Gasteiger partial charge < -0.3 is 15.4 Å². The van der Waals surface area contributed by atoms with Crippen LogP contribution in [0, 0.1) is 10.1 Å². The number of nitrogens with one attached hydrogen (secondary N) is 2. The maximum Gasteiger partial charge on any atom is 0.292 e. The van der Waals surface area contributed by atoms with E-state index in [4.69, 9.17) is 17.0 Å². The zero-order valence-electron chi connectivity index (χ0n) is 17.4. The van der Waals surface area contributed by atoms with Crippen LogP contribution in [0.2, 0.25) is 0 Å². The highest BCUT2D eigenvalue weighted by Gasteiger charge is 2.26. The van der Waals surface area contributed by atoms with Gasteiger partial charge in [-0.15, -0.1) is 11.8 Å². The minimum Gasteiger partial charge on any atom is -0.379 e. The normalized spacial score (nSPS) is 14.7. The van der Waals surface area contributed by atoms with Crippen LogP contribution in [0.25, 0.3) is 0 Å². The molecule has 3 rings (SSSR count). The van der Waals surface area contributed by atoms with Crippen molar-refractivity contribution in [3.05, 3.63) is 52.6 Å². The molecule has 1 heterocycles. The highest BCUT2D eigenvalue weighted by Crippen LogP contribution is 2.30. The Morgan fingerprint density at radius 3 is 2.50 bits per heavy atom. The number of hydrogen-bond acceptors (Lipinski definition) is 7. The van der Waals surface area contributed by atoms with Crippen molar-refractivity contribution in [3.8, 4) is 0 Å². The van der Waals surface area contributed by atoms with Crippen LogP contribution in [0.15, 0.2) is 52.3 Å². The quantitative estimate of drug-likeness (QED) is 0.243. The summed E-state index contributed by atoms with van der Waals surface area (Å²) in [5.74, 6) is 0.902. The number of ether oxygens (including phenoxy) is 1. The van der Waals surface area contributed by atoms with Gasteiger partial charge in [-0.1, -0.05) is 6.92 Å². The molecule has 0 atom stereocenters. The predicted molar refractivity (Wildman–Crippen MR) is 130 cm³/mol. The number of hydrogen-bond donors (Lipinski definition) is 2. The Morgan fingerprint density at radius 2 is 1.88 bits per heavy atom. The van der Waals surface area contributed by atoms with Crippen LogP contribution < -0.4 is 10.6 Å². The molecule has 0 aliphatic carbocycles. The van der Waals surface area contributed by atoms with Gasteiger partial charge in [-0.05, 0) is 60.8 Å². The van der Waals surface area contributed by atoms with Gasteiger partial charge in [-0.2, -0.15) is 4.31 Å². The lowest BCUT2D eigenvalue weighted by Crippen LogP contribution is -2.40. The lowest BCUT2D eigenvalue weighted by molar-refractivity contribution is -0.383. The number of morpholine rings is 1. The van der Waals surface area contributed by atoms with E-state index in [-0.39, 0.29) is 15.7 Å². The summed E-state index contributed by atoms with van der Waals surface area (Å²) in [4.78, 5) is 12.0. The number of nitro groups is 1. The molecule has 0 saturated carbocycles. The first-order valence-electron chi connectivity index (χ1n) is 9.98. The van der Waals surface area contributed by atoms with E-state index < -0.39 is 14.9 Å². The molecule has 32 heavy (non-hydrogen) atoms. The van der Waals surface area contributed by atoms with E-state index in [2.05, 4.69) is 17.6 Å². The molecule has 0 spiro atoms. The van der Waals surface area contributed by atoms with Gasteiger partial charge in [-0.3, -0.25) is 10.1 Å². The van der Waals surface area contributed by atoms with Crippen molar-refractivity contribution >= 4 is 56.2 Å². The molecule has 1 fully saturated rings. The fourth-order valence-electron chi connectivity index (χ4n) is 3.02. The molecular weight excluding hydrogens is 472 g/mol. The number of sulfonamides is 1. The molecule has 2 aromatic carbocycles. The summed E-state index contributed by atoms with van der Waals surface area (Å²) in [6.07, 6.45) is 0.988. The maximum atomic E-state index is 12.7. The van der Waals surface area contributed by atoms with Crippen LogP contribution >= 0.6 is 24.0 Å². The van der Waals surface area contributed by atoms with Crippen molar-refractivity contribution in [1.82, 2.24) is 4.31 Å². The second-order valence-corrected chi connectivity index (χ2v) is 10.4. The molecule has 9 nitrogen and oxygen atoms in total. The topological polar surface area (TPSA) is 114 Å². The lowest BCUT2D eigenvalue weighted by atomic mass is 10.2. The summed E-state index contributed by atoms with van der Waals surface area (Å²) >= 11 is 6.92.